The number of aromatic amines is 1. The maximum absolute atomic E-state index is 12.7. The molecule has 3 aromatic heterocycles. The van der Waals surface area contributed by atoms with E-state index in [4.69, 9.17) is 4.74 Å². The van der Waals surface area contributed by atoms with E-state index in [0.29, 0.717) is 31.7 Å². The molecule has 0 saturated carbocycles. The van der Waals surface area contributed by atoms with Crippen LogP contribution < -0.4 is 10.9 Å². The molecule has 1 fully saturated rings. The Hall–Kier alpha value is -2.49. The fraction of sp³-hybridized carbons (Fsp3) is 0.500. The first-order chi connectivity index (χ1) is 15.0. The third-order valence-electron chi connectivity index (χ3n) is 6.01. The summed E-state index contributed by atoms with van der Waals surface area (Å²) >= 11 is 1.71. The van der Waals surface area contributed by atoms with Crippen LogP contribution in [0.15, 0.2) is 22.3 Å². The summed E-state index contributed by atoms with van der Waals surface area (Å²) in [5, 5.41) is 10.5. The first-order valence-electron chi connectivity index (χ1n) is 10.6. The van der Waals surface area contributed by atoms with Crippen molar-refractivity contribution in [2.75, 3.05) is 32.8 Å². The van der Waals surface area contributed by atoms with Crippen LogP contribution in [0.2, 0.25) is 0 Å². The van der Waals surface area contributed by atoms with Crippen molar-refractivity contribution >= 4 is 28.3 Å². The van der Waals surface area contributed by atoms with E-state index in [1.165, 1.54) is 4.88 Å². The largest absolute Gasteiger partial charge is 0.379 e. The lowest BCUT2D eigenvalue weighted by Crippen LogP contribution is -2.43. The number of hydrogen-bond acceptors (Lipinski definition) is 6. The summed E-state index contributed by atoms with van der Waals surface area (Å²) in [7, 11) is 1.82. The van der Waals surface area contributed by atoms with Crippen LogP contribution in [-0.2, 0) is 23.0 Å². The lowest BCUT2D eigenvalue weighted by molar-refractivity contribution is -0.121. The first kappa shape index (κ1) is 21.7. The number of carbonyl (C=O) groups excluding carboxylic acids is 1. The van der Waals surface area contributed by atoms with Crippen molar-refractivity contribution in [3.05, 3.63) is 49.6 Å². The lowest BCUT2D eigenvalue weighted by atomic mass is 10.0. The highest BCUT2D eigenvalue weighted by atomic mass is 32.1. The van der Waals surface area contributed by atoms with Crippen LogP contribution in [0.4, 0.5) is 0 Å². The summed E-state index contributed by atoms with van der Waals surface area (Å²) in [6.45, 7) is 7.57. The topological polar surface area (TPSA) is 92.2 Å². The Morgan fingerprint density at radius 2 is 2.13 bits per heavy atom. The molecule has 4 heterocycles. The van der Waals surface area contributed by atoms with E-state index in [9.17, 15) is 9.59 Å². The van der Waals surface area contributed by atoms with E-state index < -0.39 is 0 Å². The Bertz CT molecular complexity index is 1110. The summed E-state index contributed by atoms with van der Waals surface area (Å²) in [6, 6.07) is 4.30. The molecule has 4 rings (SSSR count). The van der Waals surface area contributed by atoms with Crippen LogP contribution >= 0.6 is 11.3 Å². The normalized spacial score (nSPS) is 16.0. The van der Waals surface area contributed by atoms with E-state index in [2.05, 4.69) is 31.7 Å². The highest BCUT2D eigenvalue weighted by Gasteiger charge is 2.24. The van der Waals surface area contributed by atoms with Crippen LogP contribution in [-0.4, -0.2) is 58.4 Å². The zero-order valence-corrected chi connectivity index (χ0v) is 19.1. The van der Waals surface area contributed by atoms with Crippen LogP contribution in [0.1, 0.15) is 34.2 Å². The third-order valence-corrected chi connectivity index (χ3v) is 6.98. The average molecular weight is 444 g/mol. The van der Waals surface area contributed by atoms with Crippen LogP contribution in [0.25, 0.3) is 11.0 Å². The minimum Gasteiger partial charge on any atom is -0.379 e. The van der Waals surface area contributed by atoms with Gasteiger partial charge in [-0.2, -0.15) is 5.10 Å². The van der Waals surface area contributed by atoms with Gasteiger partial charge in [0.05, 0.1) is 24.9 Å². The number of fused-ring (bicyclic) bond motifs is 1. The number of H-pyrrole nitrogens is 1. The third kappa shape index (κ3) is 4.58. The number of aryl methyl sites for hydroxylation is 3. The molecule has 8 nitrogen and oxygen atoms in total. The smallest absolute Gasteiger partial charge is 0.253 e. The Morgan fingerprint density at radius 3 is 2.84 bits per heavy atom. The van der Waals surface area contributed by atoms with Gasteiger partial charge in [-0.05, 0) is 37.3 Å². The predicted molar refractivity (Wildman–Crippen MR) is 122 cm³/mol. The van der Waals surface area contributed by atoms with Gasteiger partial charge in [-0.15, -0.1) is 11.3 Å². The quantitative estimate of drug-likeness (QED) is 0.583. The van der Waals surface area contributed by atoms with E-state index in [1.807, 2.05) is 27.0 Å². The molecule has 166 valence electrons. The monoisotopic (exact) mass is 443 g/mol. The number of amides is 1. The number of thiophene rings is 1. The van der Waals surface area contributed by atoms with Crippen molar-refractivity contribution in [1.29, 1.82) is 0 Å². The van der Waals surface area contributed by atoms with Crippen molar-refractivity contribution in [1.82, 2.24) is 25.0 Å². The van der Waals surface area contributed by atoms with Gasteiger partial charge in [-0.25, -0.2) is 0 Å². The highest BCUT2D eigenvalue weighted by molar-refractivity contribution is 7.10. The molecule has 1 aliphatic rings. The second-order valence-corrected chi connectivity index (χ2v) is 8.95. The van der Waals surface area contributed by atoms with Crippen LogP contribution in [0, 0.1) is 13.8 Å². The minimum absolute atomic E-state index is 0.0448. The van der Waals surface area contributed by atoms with Gasteiger partial charge in [-0.1, -0.05) is 6.07 Å². The van der Waals surface area contributed by atoms with Gasteiger partial charge < -0.3 is 15.0 Å². The van der Waals surface area contributed by atoms with Crippen LogP contribution in [0.3, 0.4) is 0 Å². The van der Waals surface area contributed by atoms with Gasteiger partial charge in [0.15, 0.2) is 0 Å². The molecule has 0 aromatic carbocycles. The predicted octanol–water partition coefficient (Wildman–Crippen LogP) is 2.06. The molecule has 0 spiro atoms. The molecule has 31 heavy (non-hydrogen) atoms. The van der Waals surface area contributed by atoms with Crippen molar-refractivity contribution in [2.45, 2.75) is 32.7 Å². The van der Waals surface area contributed by atoms with Gasteiger partial charge in [0.25, 0.3) is 5.56 Å². The average Bonchev–Trinajstić information content (AvgIpc) is 3.37. The van der Waals surface area contributed by atoms with Gasteiger partial charge in [0, 0.05) is 48.9 Å². The number of ether oxygens (including phenoxy) is 1. The van der Waals surface area contributed by atoms with Crippen molar-refractivity contribution < 1.29 is 9.53 Å². The Kier molecular flexibility index (Phi) is 6.54. The number of aromatic nitrogens is 3. The van der Waals surface area contributed by atoms with E-state index in [0.717, 1.165) is 35.4 Å². The minimum atomic E-state index is -0.148. The SMILES string of the molecule is Cc1nn(C)c2[nH]c(=O)c(CCC(=O)NC[C@H](c3cccs3)N3CCOCC3)c(C)c12. The number of nitrogens with one attached hydrogen (secondary N) is 2. The van der Waals surface area contributed by atoms with Crippen molar-refractivity contribution in [2.24, 2.45) is 7.05 Å². The standard InChI is InChI=1S/C22H29N5O3S/c1-14-16(22(29)24-21-20(14)15(2)25-26(21)3)6-7-19(28)23-13-17(18-5-4-12-31-18)27-8-10-30-11-9-27/h4-5,12,17H,6-11,13H2,1-3H3,(H,23,28)(H,24,29)/t17-/m1/s1. The Morgan fingerprint density at radius 1 is 1.35 bits per heavy atom. The molecule has 1 amide bonds. The zero-order valence-electron chi connectivity index (χ0n) is 18.2. The first-order valence-corrected chi connectivity index (χ1v) is 11.5. The number of hydrogen-bond donors (Lipinski definition) is 2. The van der Waals surface area contributed by atoms with E-state index in [-0.39, 0.29) is 23.9 Å². The van der Waals surface area contributed by atoms with Gasteiger partial charge in [0.2, 0.25) is 5.91 Å². The molecule has 0 aliphatic carbocycles. The lowest BCUT2D eigenvalue weighted by Gasteiger charge is -2.34. The summed E-state index contributed by atoms with van der Waals surface area (Å²) in [5.74, 6) is -0.0448. The molecule has 0 unspecified atom stereocenters. The van der Waals surface area contributed by atoms with Crippen LogP contribution in [0.5, 0.6) is 0 Å². The number of pyridine rings is 1. The molecule has 1 atom stereocenters. The molecular formula is C22H29N5O3S. The molecular weight excluding hydrogens is 414 g/mol. The number of rotatable bonds is 7. The molecule has 0 bridgehead atoms. The maximum Gasteiger partial charge on any atom is 0.253 e. The zero-order chi connectivity index (χ0) is 22.0. The molecule has 1 aliphatic heterocycles. The fourth-order valence-electron chi connectivity index (χ4n) is 4.37. The van der Waals surface area contributed by atoms with Crippen molar-refractivity contribution in [3.8, 4) is 0 Å². The Balaban J connectivity index is 1.42. The number of morpholine rings is 1. The van der Waals surface area contributed by atoms with E-state index >= 15 is 0 Å². The second-order valence-electron chi connectivity index (χ2n) is 7.97. The summed E-state index contributed by atoms with van der Waals surface area (Å²) in [4.78, 5) is 31.8. The molecule has 9 heteroatoms. The van der Waals surface area contributed by atoms with Crippen molar-refractivity contribution in [3.63, 3.8) is 0 Å². The summed E-state index contributed by atoms with van der Waals surface area (Å²) in [5.41, 5.74) is 3.01. The summed E-state index contributed by atoms with van der Waals surface area (Å²) < 4.78 is 7.17. The number of carbonyl (C=O) groups is 1. The van der Waals surface area contributed by atoms with Gasteiger partial charge >= 0.3 is 0 Å². The molecule has 0 radical (unpaired) electrons. The molecule has 2 N–H and O–H groups in total. The highest BCUT2D eigenvalue weighted by Crippen LogP contribution is 2.25. The fourth-order valence-corrected chi connectivity index (χ4v) is 5.23. The Labute approximate surface area is 185 Å². The number of nitrogens with zero attached hydrogens (tertiary/aromatic N) is 3. The van der Waals surface area contributed by atoms with Gasteiger partial charge in [-0.3, -0.25) is 19.2 Å². The maximum atomic E-state index is 12.7. The summed E-state index contributed by atoms with van der Waals surface area (Å²) in [6.07, 6.45) is 0.674. The molecule has 1 saturated heterocycles. The van der Waals surface area contributed by atoms with Gasteiger partial charge in [0.1, 0.15) is 5.65 Å². The van der Waals surface area contributed by atoms with E-state index in [1.54, 1.807) is 16.0 Å². The molecule has 3 aromatic rings. The second kappa shape index (κ2) is 9.33.